The van der Waals surface area contributed by atoms with Crippen molar-refractivity contribution >= 4 is 17.5 Å². The summed E-state index contributed by atoms with van der Waals surface area (Å²) >= 11 is 5.99. The summed E-state index contributed by atoms with van der Waals surface area (Å²) in [4.78, 5) is 11.7. The Labute approximate surface area is 120 Å². The molecule has 0 heterocycles. The first-order chi connectivity index (χ1) is 9.08. The van der Waals surface area contributed by atoms with E-state index in [1.165, 1.54) is 0 Å². The fourth-order valence-electron chi connectivity index (χ4n) is 1.98. The third-order valence-electron chi connectivity index (χ3n) is 3.39. The summed E-state index contributed by atoms with van der Waals surface area (Å²) in [5.74, 6) is 0.400. The van der Waals surface area contributed by atoms with E-state index in [4.69, 9.17) is 11.6 Å². The van der Waals surface area contributed by atoms with Crippen LogP contribution in [0.3, 0.4) is 0 Å². The van der Waals surface area contributed by atoms with Crippen molar-refractivity contribution in [3.63, 3.8) is 0 Å². The van der Waals surface area contributed by atoms with E-state index in [1.807, 2.05) is 12.1 Å². The van der Waals surface area contributed by atoms with E-state index < -0.39 is 6.10 Å². The topological polar surface area (TPSA) is 49.3 Å². The smallest absolute Gasteiger partial charge is 0.220 e. The number of halogens is 1. The molecule has 106 valence electrons. The molecule has 1 rings (SSSR count). The van der Waals surface area contributed by atoms with Crippen molar-refractivity contribution in [1.82, 2.24) is 5.32 Å². The monoisotopic (exact) mass is 283 g/mol. The second-order valence-corrected chi connectivity index (χ2v) is 5.14. The number of amides is 1. The first-order valence-corrected chi connectivity index (χ1v) is 7.15. The third kappa shape index (κ3) is 5.21. The number of carbonyl (C=O) groups excluding carboxylic acids is 1. The SMILES string of the molecule is CCC(CC)CC(=O)NCC(O)c1ccccc1Cl. The van der Waals surface area contributed by atoms with Gasteiger partial charge in [0.25, 0.3) is 0 Å². The Morgan fingerprint density at radius 3 is 2.53 bits per heavy atom. The minimum atomic E-state index is -0.764. The lowest BCUT2D eigenvalue weighted by molar-refractivity contribution is -0.122. The molecule has 3 nitrogen and oxygen atoms in total. The molecule has 0 aromatic heterocycles. The summed E-state index contributed by atoms with van der Waals surface area (Å²) in [5.41, 5.74) is 0.645. The highest BCUT2D eigenvalue weighted by atomic mass is 35.5. The van der Waals surface area contributed by atoms with Gasteiger partial charge in [0, 0.05) is 23.6 Å². The zero-order valence-corrected chi connectivity index (χ0v) is 12.3. The van der Waals surface area contributed by atoms with Gasteiger partial charge >= 0.3 is 0 Å². The van der Waals surface area contributed by atoms with Crippen molar-refractivity contribution in [2.75, 3.05) is 6.54 Å². The molecule has 1 amide bonds. The van der Waals surface area contributed by atoms with Crippen LogP contribution in [0.15, 0.2) is 24.3 Å². The molecule has 0 fully saturated rings. The Bertz CT molecular complexity index is 405. The molecule has 0 bridgehead atoms. The summed E-state index contributed by atoms with van der Waals surface area (Å²) in [6.07, 6.45) is 1.75. The molecule has 0 aliphatic heterocycles. The number of aliphatic hydroxyl groups is 1. The summed E-state index contributed by atoms with van der Waals surface area (Å²) in [7, 11) is 0. The minimum Gasteiger partial charge on any atom is -0.387 e. The van der Waals surface area contributed by atoms with Gasteiger partial charge in [-0.3, -0.25) is 4.79 Å². The number of hydrogen-bond donors (Lipinski definition) is 2. The molecular formula is C15H22ClNO2. The van der Waals surface area contributed by atoms with Crippen molar-refractivity contribution in [1.29, 1.82) is 0 Å². The van der Waals surface area contributed by atoms with Gasteiger partial charge in [0.15, 0.2) is 0 Å². The molecule has 19 heavy (non-hydrogen) atoms. The second-order valence-electron chi connectivity index (χ2n) is 4.73. The van der Waals surface area contributed by atoms with Crippen molar-refractivity contribution in [2.24, 2.45) is 5.92 Å². The quantitative estimate of drug-likeness (QED) is 0.806. The standard InChI is InChI=1S/C15H22ClNO2/c1-3-11(4-2)9-15(19)17-10-14(18)12-7-5-6-8-13(12)16/h5-8,11,14,18H,3-4,9-10H2,1-2H3,(H,17,19). The van der Waals surface area contributed by atoms with E-state index in [9.17, 15) is 9.90 Å². The Hall–Kier alpha value is -1.06. The van der Waals surface area contributed by atoms with Crippen LogP contribution in [0.25, 0.3) is 0 Å². The molecule has 0 radical (unpaired) electrons. The molecule has 1 aromatic carbocycles. The zero-order chi connectivity index (χ0) is 14.3. The van der Waals surface area contributed by atoms with Gasteiger partial charge in [0.05, 0.1) is 6.10 Å². The van der Waals surface area contributed by atoms with Crippen molar-refractivity contribution in [3.05, 3.63) is 34.9 Å². The third-order valence-corrected chi connectivity index (χ3v) is 3.73. The van der Waals surface area contributed by atoms with Crippen LogP contribution < -0.4 is 5.32 Å². The maximum absolute atomic E-state index is 11.7. The molecule has 0 aliphatic rings. The molecule has 4 heteroatoms. The van der Waals surface area contributed by atoms with Crippen LogP contribution in [0.2, 0.25) is 5.02 Å². The van der Waals surface area contributed by atoms with Gasteiger partial charge in [-0.05, 0) is 12.0 Å². The average Bonchev–Trinajstić information content (AvgIpc) is 2.42. The van der Waals surface area contributed by atoms with Gasteiger partial charge in [-0.25, -0.2) is 0 Å². The molecule has 0 spiro atoms. The lowest BCUT2D eigenvalue weighted by Crippen LogP contribution is -2.29. The van der Waals surface area contributed by atoms with E-state index in [-0.39, 0.29) is 12.5 Å². The Balaban J connectivity index is 2.44. The summed E-state index contributed by atoms with van der Waals surface area (Å²) < 4.78 is 0. The van der Waals surface area contributed by atoms with E-state index in [2.05, 4.69) is 19.2 Å². The van der Waals surface area contributed by atoms with Crippen LogP contribution in [0, 0.1) is 5.92 Å². The molecule has 1 atom stereocenters. The predicted molar refractivity (Wildman–Crippen MR) is 78.1 cm³/mol. The van der Waals surface area contributed by atoms with E-state index in [0.29, 0.717) is 22.9 Å². The highest BCUT2D eigenvalue weighted by Gasteiger charge is 2.14. The van der Waals surface area contributed by atoms with Gasteiger partial charge in [-0.15, -0.1) is 0 Å². The fourth-order valence-corrected chi connectivity index (χ4v) is 2.24. The molecule has 1 aromatic rings. The number of hydrogen-bond acceptors (Lipinski definition) is 2. The number of aliphatic hydroxyl groups excluding tert-OH is 1. The lowest BCUT2D eigenvalue weighted by atomic mass is 9.99. The van der Waals surface area contributed by atoms with Crippen LogP contribution in [0.4, 0.5) is 0 Å². The molecule has 0 aliphatic carbocycles. The Kier molecular flexibility index (Phi) is 6.89. The van der Waals surface area contributed by atoms with E-state index in [1.54, 1.807) is 12.1 Å². The highest BCUT2D eigenvalue weighted by molar-refractivity contribution is 6.31. The number of nitrogens with one attached hydrogen (secondary N) is 1. The van der Waals surface area contributed by atoms with E-state index >= 15 is 0 Å². The van der Waals surface area contributed by atoms with Gasteiger partial charge in [0.1, 0.15) is 0 Å². The molecule has 2 N–H and O–H groups in total. The molecule has 1 unspecified atom stereocenters. The zero-order valence-electron chi connectivity index (χ0n) is 11.5. The average molecular weight is 284 g/mol. The van der Waals surface area contributed by atoms with Crippen molar-refractivity contribution in [2.45, 2.75) is 39.2 Å². The molecule has 0 saturated heterocycles. The predicted octanol–water partition coefficient (Wildman–Crippen LogP) is 3.32. The van der Waals surface area contributed by atoms with Crippen LogP contribution in [0.5, 0.6) is 0 Å². The van der Waals surface area contributed by atoms with Crippen LogP contribution in [-0.4, -0.2) is 17.6 Å². The summed E-state index contributed by atoms with van der Waals surface area (Å²) in [6, 6.07) is 7.12. The number of benzene rings is 1. The number of rotatable bonds is 7. The van der Waals surface area contributed by atoms with Crippen LogP contribution in [-0.2, 0) is 4.79 Å². The Morgan fingerprint density at radius 1 is 1.32 bits per heavy atom. The first kappa shape index (κ1) is 16.0. The maximum Gasteiger partial charge on any atom is 0.220 e. The van der Waals surface area contributed by atoms with Crippen molar-refractivity contribution in [3.8, 4) is 0 Å². The molecule has 0 saturated carbocycles. The fraction of sp³-hybridized carbons (Fsp3) is 0.533. The first-order valence-electron chi connectivity index (χ1n) is 6.77. The normalized spacial score (nSPS) is 12.5. The lowest BCUT2D eigenvalue weighted by Gasteiger charge is -2.15. The van der Waals surface area contributed by atoms with Gasteiger partial charge in [-0.1, -0.05) is 56.5 Å². The van der Waals surface area contributed by atoms with Crippen LogP contribution >= 0.6 is 11.6 Å². The minimum absolute atomic E-state index is 0.0141. The molecular weight excluding hydrogens is 262 g/mol. The summed E-state index contributed by atoms with van der Waals surface area (Å²) in [5, 5.41) is 13.3. The van der Waals surface area contributed by atoms with Gasteiger partial charge in [0.2, 0.25) is 5.91 Å². The van der Waals surface area contributed by atoms with Crippen LogP contribution in [0.1, 0.15) is 44.8 Å². The highest BCUT2D eigenvalue weighted by Crippen LogP contribution is 2.22. The Morgan fingerprint density at radius 2 is 1.95 bits per heavy atom. The van der Waals surface area contributed by atoms with E-state index in [0.717, 1.165) is 12.8 Å². The van der Waals surface area contributed by atoms with Gasteiger partial charge < -0.3 is 10.4 Å². The summed E-state index contributed by atoms with van der Waals surface area (Å²) in [6.45, 7) is 4.36. The second kappa shape index (κ2) is 8.18. The largest absolute Gasteiger partial charge is 0.387 e. The van der Waals surface area contributed by atoms with Crippen molar-refractivity contribution < 1.29 is 9.90 Å². The number of carbonyl (C=O) groups is 1. The van der Waals surface area contributed by atoms with Gasteiger partial charge in [-0.2, -0.15) is 0 Å². The maximum atomic E-state index is 11.7.